The number of hydrogen-bond acceptors (Lipinski definition) is 5. The first-order valence-electron chi connectivity index (χ1n) is 22.5. The van der Waals surface area contributed by atoms with E-state index in [0.717, 1.165) is 76.4 Å². The van der Waals surface area contributed by atoms with E-state index in [4.69, 9.17) is 4.98 Å². The molecular formula is C58H50N6. The fourth-order valence-electron chi connectivity index (χ4n) is 9.43. The van der Waals surface area contributed by atoms with Gasteiger partial charge < -0.3 is 15.5 Å². The third-order valence-corrected chi connectivity index (χ3v) is 12.6. The fraction of sp³-hybridized carbons (Fsp3) is 0.121. The molecule has 312 valence electrons. The average molecular weight is 831 g/mol. The summed E-state index contributed by atoms with van der Waals surface area (Å²) in [6.45, 7) is 0. The average Bonchev–Trinajstić information content (AvgIpc) is 3.75. The van der Waals surface area contributed by atoms with Crippen molar-refractivity contribution in [1.29, 1.82) is 0 Å². The summed E-state index contributed by atoms with van der Waals surface area (Å²) in [6, 6.07) is 65.3. The molecule has 64 heavy (non-hydrogen) atoms. The molecule has 0 bridgehead atoms. The second-order valence-corrected chi connectivity index (χ2v) is 16.8. The molecule has 7 aromatic carbocycles. The fourth-order valence-corrected chi connectivity index (χ4v) is 9.43. The van der Waals surface area contributed by atoms with E-state index >= 15 is 0 Å². The van der Waals surface area contributed by atoms with Gasteiger partial charge >= 0.3 is 0 Å². The number of anilines is 3. The zero-order valence-corrected chi connectivity index (χ0v) is 35.7. The van der Waals surface area contributed by atoms with Gasteiger partial charge in [0.15, 0.2) is 0 Å². The Balaban J connectivity index is 1.11. The Kier molecular flexibility index (Phi) is 10.8. The van der Waals surface area contributed by atoms with Crippen LogP contribution in [0.3, 0.4) is 0 Å². The lowest BCUT2D eigenvalue weighted by Crippen LogP contribution is -2.57. The second kappa shape index (κ2) is 17.6. The number of imidazole rings is 1. The monoisotopic (exact) mass is 830 g/mol. The molecular weight excluding hydrogens is 781 g/mol. The van der Waals surface area contributed by atoms with Crippen LogP contribution in [0.5, 0.6) is 0 Å². The lowest BCUT2D eigenvalue weighted by molar-refractivity contribution is 0.276. The van der Waals surface area contributed by atoms with Gasteiger partial charge in [-0.05, 0) is 144 Å². The minimum absolute atomic E-state index is 0.0937. The Bertz CT molecular complexity index is 2930. The Hall–Kier alpha value is -7.67. The molecule has 6 heteroatoms. The first kappa shape index (κ1) is 39.2. The smallest absolute Gasteiger partial charge is 0.145 e. The number of nitrogens with one attached hydrogen (secondary N) is 3. The van der Waals surface area contributed by atoms with Crippen LogP contribution in [0.2, 0.25) is 0 Å². The molecule has 2 unspecified atom stereocenters. The molecule has 6 nitrogen and oxygen atoms in total. The summed E-state index contributed by atoms with van der Waals surface area (Å²) in [5.74, 6) is 0.883. The van der Waals surface area contributed by atoms with Gasteiger partial charge in [0.05, 0.1) is 11.0 Å². The van der Waals surface area contributed by atoms with Crippen molar-refractivity contribution in [2.75, 3.05) is 15.5 Å². The minimum atomic E-state index is -0.298. The number of aromatic nitrogens is 2. The van der Waals surface area contributed by atoms with Crippen molar-refractivity contribution in [2.45, 2.75) is 44.2 Å². The van der Waals surface area contributed by atoms with Crippen LogP contribution in [0.4, 0.5) is 17.1 Å². The van der Waals surface area contributed by atoms with Crippen LogP contribution in [0.25, 0.3) is 39.3 Å². The van der Waals surface area contributed by atoms with E-state index < -0.39 is 0 Å². The highest BCUT2D eigenvalue weighted by Gasteiger charge is 2.41. The molecule has 1 saturated heterocycles. The van der Waals surface area contributed by atoms with Crippen molar-refractivity contribution < 1.29 is 0 Å². The molecule has 2 heterocycles. The van der Waals surface area contributed by atoms with Crippen LogP contribution in [-0.4, -0.2) is 9.55 Å². The van der Waals surface area contributed by atoms with E-state index in [1.807, 2.05) is 0 Å². The first-order valence-corrected chi connectivity index (χ1v) is 22.5. The molecule has 0 amide bonds. The molecule has 0 radical (unpaired) electrons. The van der Waals surface area contributed by atoms with Gasteiger partial charge in [-0.15, -0.1) is 0 Å². The van der Waals surface area contributed by atoms with E-state index in [1.165, 1.54) is 33.4 Å². The molecule has 1 fully saturated rings. The molecule has 3 aliphatic rings. The summed E-state index contributed by atoms with van der Waals surface area (Å²) in [5, 5.41) is 11.8. The van der Waals surface area contributed by atoms with Crippen LogP contribution in [-0.2, 0) is 0 Å². The number of rotatable bonds is 12. The number of nitrogens with zero attached hydrogens (tertiary/aromatic N) is 3. The Labute approximate surface area is 375 Å². The van der Waals surface area contributed by atoms with Gasteiger partial charge in [-0.1, -0.05) is 140 Å². The second-order valence-electron chi connectivity index (χ2n) is 16.8. The van der Waals surface area contributed by atoms with E-state index in [0.29, 0.717) is 0 Å². The quantitative estimate of drug-likeness (QED) is 0.107. The molecule has 2 aliphatic carbocycles. The zero-order chi connectivity index (χ0) is 42.7. The van der Waals surface area contributed by atoms with Crippen LogP contribution < -0.4 is 20.9 Å². The lowest BCUT2D eigenvalue weighted by atomic mass is 9.91. The van der Waals surface area contributed by atoms with Crippen molar-refractivity contribution in [1.82, 2.24) is 14.9 Å². The highest BCUT2D eigenvalue weighted by molar-refractivity contribution is 5.84. The van der Waals surface area contributed by atoms with E-state index in [-0.39, 0.29) is 18.5 Å². The normalized spacial score (nSPS) is 16.9. The maximum Gasteiger partial charge on any atom is 0.145 e. The number of allylic oxidation sites excluding steroid dienone is 8. The summed E-state index contributed by atoms with van der Waals surface area (Å²) >= 11 is 0. The van der Waals surface area contributed by atoms with Gasteiger partial charge in [-0.2, -0.15) is 0 Å². The Morgan fingerprint density at radius 1 is 0.516 bits per heavy atom. The molecule has 1 aromatic heterocycles. The number of benzene rings is 7. The summed E-state index contributed by atoms with van der Waals surface area (Å²) in [5.41, 5.74) is 16.1. The number of para-hydroxylation sites is 5. The lowest BCUT2D eigenvalue weighted by Gasteiger charge is -2.52. The van der Waals surface area contributed by atoms with Crippen molar-refractivity contribution in [3.8, 4) is 17.1 Å². The Morgan fingerprint density at radius 2 is 1.08 bits per heavy atom. The van der Waals surface area contributed by atoms with Crippen LogP contribution in [0.15, 0.2) is 218 Å². The molecule has 11 rings (SSSR count). The van der Waals surface area contributed by atoms with Gasteiger partial charge in [0.1, 0.15) is 24.3 Å². The van der Waals surface area contributed by atoms with Crippen molar-refractivity contribution in [3.63, 3.8) is 0 Å². The zero-order valence-electron chi connectivity index (χ0n) is 35.7. The molecule has 2 atom stereocenters. The summed E-state index contributed by atoms with van der Waals surface area (Å²) < 4.78 is 2.30. The van der Waals surface area contributed by atoms with Gasteiger partial charge in [0, 0.05) is 28.3 Å². The maximum absolute atomic E-state index is 5.42. The molecule has 8 aromatic rings. The van der Waals surface area contributed by atoms with Gasteiger partial charge in [0.25, 0.3) is 0 Å². The maximum atomic E-state index is 5.42. The molecule has 3 N–H and O–H groups in total. The molecule has 0 saturated carbocycles. The third kappa shape index (κ3) is 7.96. The highest BCUT2D eigenvalue weighted by atomic mass is 15.5. The highest BCUT2D eigenvalue weighted by Crippen LogP contribution is 2.46. The third-order valence-electron chi connectivity index (χ3n) is 12.6. The predicted octanol–water partition coefficient (Wildman–Crippen LogP) is 14.2. The van der Waals surface area contributed by atoms with E-state index in [9.17, 15) is 0 Å². The molecule has 1 aliphatic heterocycles. The van der Waals surface area contributed by atoms with Crippen LogP contribution in [0.1, 0.15) is 72.0 Å². The van der Waals surface area contributed by atoms with Crippen molar-refractivity contribution >= 4 is 39.2 Å². The standard InChI is InChI=1S/C58H50N6/c1-6-20-41(21-7-1)43-24-18-26-45(36-43)56-62-57(46-27-19-25-44(37-46)42-22-8-2-9-23-42)64(56)52-39-47(55(59-49-28-10-3-11-29-49)60-50-30-12-4-13-31-50)38-48(40-52)58-61-53-34-16-17-35-54(53)63(58)51-32-14-5-15-33-51/h1-6,8,10-20,22,24-40,55-57,59-60,62H,7,9,21,23H2. The SMILES string of the molecule is C1=CCCC(c2cccc(C3NC(c4cccc(C5=CC=CCC5)c4)N3c3cc(-c4nc5ccccc5n4-c4ccccc4)cc(C(Nc4ccccc4)Nc4ccccc4)c3)c2)=C1. The summed E-state index contributed by atoms with van der Waals surface area (Å²) in [7, 11) is 0. The van der Waals surface area contributed by atoms with Crippen LogP contribution in [0, 0.1) is 0 Å². The minimum Gasteiger partial charge on any atom is -0.362 e. The Morgan fingerprint density at radius 3 is 1.66 bits per heavy atom. The number of fused-ring (bicyclic) bond motifs is 1. The van der Waals surface area contributed by atoms with Gasteiger partial charge in [0.2, 0.25) is 0 Å². The first-order chi connectivity index (χ1) is 31.7. The molecule has 0 spiro atoms. The van der Waals surface area contributed by atoms with E-state index in [1.54, 1.807) is 0 Å². The topological polar surface area (TPSA) is 57.2 Å². The summed E-state index contributed by atoms with van der Waals surface area (Å²) in [4.78, 5) is 7.99. The van der Waals surface area contributed by atoms with Crippen molar-refractivity contribution in [3.05, 3.63) is 246 Å². The number of hydrogen-bond donors (Lipinski definition) is 3. The van der Waals surface area contributed by atoms with Gasteiger partial charge in [-0.3, -0.25) is 9.88 Å². The largest absolute Gasteiger partial charge is 0.362 e. The predicted molar refractivity (Wildman–Crippen MR) is 266 cm³/mol. The van der Waals surface area contributed by atoms with E-state index in [2.05, 4.69) is 244 Å². The van der Waals surface area contributed by atoms with Gasteiger partial charge in [-0.25, -0.2) is 4.98 Å². The van der Waals surface area contributed by atoms with Crippen molar-refractivity contribution in [2.24, 2.45) is 0 Å². The summed E-state index contributed by atoms with van der Waals surface area (Å²) in [6.07, 6.45) is 17.2. The van der Waals surface area contributed by atoms with Crippen LogP contribution >= 0.6 is 0 Å².